The van der Waals surface area contributed by atoms with E-state index in [0.29, 0.717) is 28.6 Å². The van der Waals surface area contributed by atoms with Crippen molar-refractivity contribution in [3.63, 3.8) is 0 Å². The Morgan fingerprint density at radius 3 is 2.33 bits per heavy atom. The molecule has 1 aliphatic rings. The van der Waals surface area contributed by atoms with E-state index in [1.54, 1.807) is 41.3 Å². The van der Waals surface area contributed by atoms with Crippen LogP contribution in [0.15, 0.2) is 72.8 Å². The maximum atomic E-state index is 14.0. The van der Waals surface area contributed by atoms with Gasteiger partial charge in [0.2, 0.25) is 28.6 Å². The third-order valence-corrected chi connectivity index (χ3v) is 8.24. The van der Waals surface area contributed by atoms with Crippen LogP contribution in [0.3, 0.4) is 0 Å². The standard InChI is InChI=1S/C32H38ClN3O6S/c1-32(2,3)34-31(38)27(19-23-10-6-5-7-11-23)35(21-24-12-8-13-25(33)18-24)30(37)14-9-17-36(43(4,39)40)26-15-16-28-29(20-26)42-22-41-28/h5-8,10-13,15-16,18,20,27H,9,14,17,19,21-22H2,1-4H3,(H,34,38). The van der Waals surface area contributed by atoms with Crippen LogP contribution in [0, 0.1) is 0 Å². The lowest BCUT2D eigenvalue weighted by Crippen LogP contribution is -2.54. The van der Waals surface area contributed by atoms with Crippen LogP contribution in [0.25, 0.3) is 0 Å². The Bertz CT molecular complexity index is 1540. The molecular formula is C32H38ClN3O6S. The highest BCUT2D eigenvalue weighted by atomic mass is 35.5. The second-order valence-corrected chi connectivity index (χ2v) is 13.9. The molecule has 0 saturated heterocycles. The Balaban J connectivity index is 1.59. The molecule has 9 nitrogen and oxygen atoms in total. The molecule has 0 radical (unpaired) electrons. The van der Waals surface area contributed by atoms with Gasteiger partial charge in [-0.2, -0.15) is 0 Å². The molecular weight excluding hydrogens is 590 g/mol. The number of carbonyl (C=O) groups excluding carboxylic acids is 2. The number of amides is 2. The van der Waals surface area contributed by atoms with Crippen LogP contribution in [0.5, 0.6) is 11.5 Å². The molecule has 11 heteroatoms. The van der Waals surface area contributed by atoms with Crippen molar-refractivity contribution in [1.82, 2.24) is 10.2 Å². The van der Waals surface area contributed by atoms with Gasteiger partial charge in [0.15, 0.2) is 11.5 Å². The summed E-state index contributed by atoms with van der Waals surface area (Å²) in [4.78, 5) is 29.3. The molecule has 3 aromatic carbocycles. The summed E-state index contributed by atoms with van der Waals surface area (Å²) in [6.45, 7) is 5.97. The molecule has 3 aromatic rings. The van der Waals surface area contributed by atoms with Gasteiger partial charge in [0.1, 0.15) is 6.04 Å². The van der Waals surface area contributed by atoms with Gasteiger partial charge in [0.05, 0.1) is 11.9 Å². The topological polar surface area (TPSA) is 105 Å². The second-order valence-electron chi connectivity index (χ2n) is 11.6. The number of halogens is 1. The van der Waals surface area contributed by atoms with Gasteiger partial charge in [0.25, 0.3) is 0 Å². The first kappa shape index (κ1) is 32.2. The summed E-state index contributed by atoms with van der Waals surface area (Å²) in [7, 11) is -3.66. The lowest BCUT2D eigenvalue weighted by molar-refractivity contribution is -0.142. The second kappa shape index (κ2) is 13.7. The monoisotopic (exact) mass is 627 g/mol. The van der Waals surface area contributed by atoms with Gasteiger partial charge >= 0.3 is 0 Å². The minimum Gasteiger partial charge on any atom is -0.454 e. The average molecular weight is 628 g/mol. The number of rotatable bonds is 12. The van der Waals surface area contributed by atoms with Crippen molar-refractivity contribution in [3.05, 3.63) is 88.9 Å². The Hall–Kier alpha value is -3.76. The van der Waals surface area contributed by atoms with E-state index in [4.69, 9.17) is 21.1 Å². The smallest absolute Gasteiger partial charge is 0.243 e. The van der Waals surface area contributed by atoms with Gasteiger partial charge < -0.3 is 19.7 Å². The highest BCUT2D eigenvalue weighted by molar-refractivity contribution is 7.92. The number of hydrogen-bond acceptors (Lipinski definition) is 6. The van der Waals surface area contributed by atoms with Gasteiger partial charge in [0, 0.05) is 42.6 Å². The molecule has 1 unspecified atom stereocenters. The Labute approximate surface area is 258 Å². The minimum atomic E-state index is -3.66. The van der Waals surface area contributed by atoms with E-state index in [0.717, 1.165) is 17.4 Å². The summed E-state index contributed by atoms with van der Waals surface area (Å²) in [5.41, 5.74) is 1.59. The summed E-state index contributed by atoms with van der Waals surface area (Å²) in [6.07, 6.45) is 1.68. The number of nitrogens with zero attached hydrogens (tertiary/aromatic N) is 2. The predicted octanol–water partition coefficient (Wildman–Crippen LogP) is 5.17. The van der Waals surface area contributed by atoms with Crippen molar-refractivity contribution in [2.45, 2.75) is 58.2 Å². The fourth-order valence-electron chi connectivity index (χ4n) is 4.88. The normalized spacial score (nSPS) is 13.3. The first-order valence-corrected chi connectivity index (χ1v) is 16.3. The van der Waals surface area contributed by atoms with Crippen molar-refractivity contribution in [1.29, 1.82) is 0 Å². The lowest BCUT2D eigenvalue weighted by atomic mass is 10.00. The Morgan fingerprint density at radius 2 is 1.65 bits per heavy atom. The number of carbonyl (C=O) groups is 2. The lowest BCUT2D eigenvalue weighted by Gasteiger charge is -2.34. The molecule has 43 heavy (non-hydrogen) atoms. The number of hydrogen-bond donors (Lipinski definition) is 1. The Kier molecular flexibility index (Phi) is 10.2. The average Bonchev–Trinajstić information content (AvgIpc) is 3.40. The molecule has 1 aliphatic heterocycles. The number of ether oxygens (including phenoxy) is 2. The van der Waals surface area contributed by atoms with Crippen molar-refractivity contribution in [3.8, 4) is 11.5 Å². The fourth-order valence-corrected chi connectivity index (χ4v) is 6.05. The van der Waals surface area contributed by atoms with Crippen LogP contribution in [-0.2, 0) is 32.6 Å². The van der Waals surface area contributed by atoms with Crippen LogP contribution >= 0.6 is 11.6 Å². The molecule has 0 aromatic heterocycles. The molecule has 0 bridgehead atoms. The maximum Gasteiger partial charge on any atom is 0.243 e. The molecule has 0 fully saturated rings. The van der Waals surface area contributed by atoms with E-state index in [1.165, 1.54) is 4.31 Å². The van der Waals surface area contributed by atoms with Crippen molar-refractivity contribution >= 4 is 39.1 Å². The molecule has 0 saturated carbocycles. The zero-order chi connectivity index (χ0) is 31.2. The van der Waals surface area contributed by atoms with E-state index in [9.17, 15) is 18.0 Å². The largest absolute Gasteiger partial charge is 0.454 e. The third-order valence-electron chi connectivity index (χ3n) is 6.81. The summed E-state index contributed by atoms with van der Waals surface area (Å²) < 4.78 is 37.5. The predicted molar refractivity (Wildman–Crippen MR) is 168 cm³/mol. The zero-order valence-electron chi connectivity index (χ0n) is 24.9. The van der Waals surface area contributed by atoms with Crippen molar-refractivity contribution < 1.29 is 27.5 Å². The van der Waals surface area contributed by atoms with Gasteiger partial charge in [-0.25, -0.2) is 8.42 Å². The van der Waals surface area contributed by atoms with Crippen LogP contribution in [0.1, 0.15) is 44.7 Å². The number of sulfonamides is 1. The number of benzene rings is 3. The van der Waals surface area contributed by atoms with Gasteiger partial charge in [-0.05, 0) is 62.6 Å². The van der Waals surface area contributed by atoms with E-state index >= 15 is 0 Å². The number of anilines is 1. The summed E-state index contributed by atoms with van der Waals surface area (Å²) in [5.74, 6) is 0.458. The zero-order valence-corrected chi connectivity index (χ0v) is 26.5. The van der Waals surface area contributed by atoms with Crippen LogP contribution in [-0.4, -0.2) is 56.3 Å². The summed E-state index contributed by atoms with van der Waals surface area (Å²) >= 11 is 6.26. The molecule has 0 aliphatic carbocycles. The van der Waals surface area contributed by atoms with E-state index in [1.807, 2.05) is 57.2 Å². The van der Waals surface area contributed by atoms with E-state index in [2.05, 4.69) is 5.32 Å². The Morgan fingerprint density at radius 1 is 0.953 bits per heavy atom. The van der Waals surface area contributed by atoms with Crippen molar-refractivity contribution in [2.24, 2.45) is 0 Å². The van der Waals surface area contributed by atoms with Gasteiger partial charge in [-0.3, -0.25) is 13.9 Å². The van der Waals surface area contributed by atoms with Crippen molar-refractivity contribution in [2.75, 3.05) is 23.9 Å². The molecule has 0 spiro atoms. The molecule has 4 rings (SSSR count). The molecule has 1 atom stereocenters. The third kappa shape index (κ3) is 9.11. The molecule has 1 heterocycles. The quantitative estimate of drug-likeness (QED) is 0.297. The molecule has 2 amide bonds. The highest BCUT2D eigenvalue weighted by Crippen LogP contribution is 2.36. The van der Waals surface area contributed by atoms with Gasteiger partial charge in [-0.15, -0.1) is 0 Å². The summed E-state index contributed by atoms with van der Waals surface area (Å²) in [6, 6.07) is 20.8. The number of nitrogens with one attached hydrogen (secondary N) is 1. The van der Waals surface area contributed by atoms with E-state index in [-0.39, 0.29) is 44.5 Å². The molecule has 230 valence electrons. The minimum absolute atomic E-state index is 0.0191. The SMILES string of the molecule is CC(C)(C)NC(=O)C(Cc1ccccc1)N(Cc1cccc(Cl)c1)C(=O)CCCN(c1ccc2c(c1)OCO2)S(C)(=O)=O. The number of fused-ring (bicyclic) bond motifs is 1. The van der Waals surface area contributed by atoms with Crippen LogP contribution < -0.4 is 19.1 Å². The van der Waals surface area contributed by atoms with E-state index < -0.39 is 21.6 Å². The van der Waals surface area contributed by atoms with Gasteiger partial charge in [-0.1, -0.05) is 54.1 Å². The van der Waals surface area contributed by atoms with Crippen LogP contribution in [0.2, 0.25) is 5.02 Å². The fraction of sp³-hybridized carbons (Fsp3) is 0.375. The molecule has 1 N–H and O–H groups in total. The first-order valence-electron chi connectivity index (χ1n) is 14.1. The highest BCUT2D eigenvalue weighted by Gasteiger charge is 2.32. The van der Waals surface area contributed by atoms with Crippen LogP contribution in [0.4, 0.5) is 5.69 Å². The summed E-state index contributed by atoms with van der Waals surface area (Å²) in [5, 5.41) is 3.56. The maximum absolute atomic E-state index is 14.0. The first-order chi connectivity index (χ1) is 20.3.